The molecular formula is C4H2F3NOS. The van der Waals surface area contributed by atoms with Crippen LogP contribution in [0.1, 0.15) is 0 Å². The van der Waals surface area contributed by atoms with Crippen LogP contribution in [0.4, 0.5) is 13.2 Å². The molecule has 1 unspecified atom stereocenters. The summed E-state index contributed by atoms with van der Waals surface area (Å²) >= 11 is 0.956. The molecule has 0 spiro atoms. The fraction of sp³-hybridized carbons (Fsp3) is 0.500. The minimum absolute atomic E-state index is 0.956. The lowest BCUT2D eigenvalue weighted by molar-refractivity contribution is -0.335. The average Bonchev–Trinajstić information content (AvgIpc) is 2.12. The van der Waals surface area contributed by atoms with Crippen LogP contribution in [0, 0.1) is 5.75 Å². The van der Waals surface area contributed by atoms with E-state index in [1.807, 2.05) is 0 Å². The fourth-order valence-corrected chi connectivity index (χ4v) is 0.843. The molecule has 0 fully saturated rings. The monoisotopic (exact) mass is 169 g/mol. The zero-order valence-corrected chi connectivity index (χ0v) is 5.37. The molecule has 1 heterocycles. The number of alkyl halides is 3. The van der Waals surface area contributed by atoms with Gasteiger partial charge in [-0.05, 0) is 0 Å². The maximum Gasteiger partial charge on any atom is 0.524 e. The van der Waals surface area contributed by atoms with Crippen LogP contribution in [0.25, 0.3) is 0 Å². The van der Waals surface area contributed by atoms with Gasteiger partial charge in [0.15, 0.2) is 6.23 Å². The van der Waals surface area contributed by atoms with Crippen molar-refractivity contribution in [2.75, 3.05) is 0 Å². The van der Waals surface area contributed by atoms with Crippen LogP contribution in [0.2, 0.25) is 0 Å². The van der Waals surface area contributed by atoms with Crippen molar-refractivity contribution in [3.8, 4) is 0 Å². The van der Waals surface area contributed by atoms with E-state index in [9.17, 15) is 13.2 Å². The quantitative estimate of drug-likeness (QED) is 0.595. The number of nitrogens with zero attached hydrogens (tertiary/aromatic N) is 1. The van der Waals surface area contributed by atoms with Crippen LogP contribution in [-0.2, 0) is 4.74 Å². The fourth-order valence-electron chi connectivity index (χ4n) is 0.386. The molecule has 1 atom stereocenters. The van der Waals surface area contributed by atoms with Crippen LogP contribution in [-0.4, -0.2) is 18.1 Å². The van der Waals surface area contributed by atoms with Gasteiger partial charge < -0.3 is 0 Å². The summed E-state index contributed by atoms with van der Waals surface area (Å²) in [7, 11) is 0. The van der Waals surface area contributed by atoms with Crippen LogP contribution in [0.3, 0.4) is 0 Å². The van der Waals surface area contributed by atoms with Crippen molar-refractivity contribution >= 4 is 17.3 Å². The van der Waals surface area contributed by atoms with Crippen molar-refractivity contribution in [1.82, 2.24) is 0 Å². The van der Waals surface area contributed by atoms with Gasteiger partial charge in [0.05, 0.1) is 5.55 Å². The molecule has 0 saturated heterocycles. The summed E-state index contributed by atoms with van der Waals surface area (Å²) < 4.78 is 37.6. The van der Waals surface area contributed by atoms with E-state index in [0.29, 0.717) is 0 Å². The Morgan fingerprint density at radius 1 is 1.60 bits per heavy atom. The highest BCUT2D eigenvalue weighted by Crippen LogP contribution is 2.25. The number of hydrogen-bond acceptors (Lipinski definition) is 3. The number of hydrogen-bond donors (Lipinski definition) is 0. The summed E-state index contributed by atoms with van der Waals surface area (Å²) in [5.41, 5.74) is 1.25. The minimum Gasteiger partial charge on any atom is -0.265 e. The lowest BCUT2D eigenvalue weighted by Crippen LogP contribution is -2.20. The SMILES string of the molecule is FC(F)(F)OC1[C]SC=N1. The van der Waals surface area contributed by atoms with Crippen molar-refractivity contribution < 1.29 is 17.9 Å². The van der Waals surface area contributed by atoms with Gasteiger partial charge in [0.2, 0.25) is 0 Å². The Morgan fingerprint density at radius 3 is 2.70 bits per heavy atom. The summed E-state index contributed by atoms with van der Waals surface area (Å²) in [4.78, 5) is 3.31. The first-order valence-corrected chi connectivity index (χ1v) is 3.13. The molecule has 56 valence electrons. The number of rotatable bonds is 1. The Kier molecular flexibility index (Phi) is 2.20. The van der Waals surface area contributed by atoms with E-state index >= 15 is 0 Å². The van der Waals surface area contributed by atoms with E-state index in [4.69, 9.17) is 0 Å². The third kappa shape index (κ3) is 2.57. The van der Waals surface area contributed by atoms with E-state index in [1.165, 1.54) is 5.55 Å². The van der Waals surface area contributed by atoms with E-state index in [0.717, 1.165) is 11.8 Å². The van der Waals surface area contributed by atoms with Gasteiger partial charge in [0, 0.05) is 0 Å². The third-order valence-corrected chi connectivity index (χ3v) is 1.23. The molecule has 0 amide bonds. The molecule has 0 saturated carbocycles. The largest absolute Gasteiger partial charge is 0.524 e. The normalized spacial score (nSPS) is 25.7. The standard InChI is InChI=1S/C4H2F3NOS/c5-4(6,7)9-3-1-10-2-8-3/h2-3H. The van der Waals surface area contributed by atoms with E-state index in [-0.39, 0.29) is 0 Å². The van der Waals surface area contributed by atoms with E-state index in [2.05, 4.69) is 15.5 Å². The molecule has 0 aromatic rings. The predicted molar refractivity (Wildman–Crippen MR) is 30.3 cm³/mol. The van der Waals surface area contributed by atoms with Crippen molar-refractivity contribution in [3.63, 3.8) is 0 Å². The zero-order chi connectivity index (χ0) is 7.61. The lowest BCUT2D eigenvalue weighted by atomic mass is 10.7. The third-order valence-electron chi connectivity index (χ3n) is 0.663. The zero-order valence-electron chi connectivity index (χ0n) is 4.55. The molecule has 0 bridgehead atoms. The number of aliphatic imine (C=N–C) groups is 1. The first-order chi connectivity index (χ1) is 4.58. The first-order valence-electron chi connectivity index (χ1n) is 2.25. The van der Waals surface area contributed by atoms with Crippen molar-refractivity contribution in [2.45, 2.75) is 12.6 Å². The van der Waals surface area contributed by atoms with Gasteiger partial charge in [0.25, 0.3) is 0 Å². The smallest absolute Gasteiger partial charge is 0.265 e. The molecule has 0 aromatic carbocycles. The van der Waals surface area contributed by atoms with Gasteiger partial charge in [-0.25, -0.2) is 0 Å². The molecule has 2 radical (unpaired) electrons. The van der Waals surface area contributed by atoms with Crippen LogP contribution < -0.4 is 0 Å². The van der Waals surface area contributed by atoms with Crippen LogP contribution in [0.15, 0.2) is 4.99 Å². The second-order valence-corrected chi connectivity index (χ2v) is 2.09. The first kappa shape index (κ1) is 7.87. The summed E-state index contributed by atoms with van der Waals surface area (Å²) in [5, 5.41) is 0. The van der Waals surface area contributed by atoms with Gasteiger partial charge >= 0.3 is 6.36 Å². The predicted octanol–water partition coefficient (Wildman–Crippen LogP) is 1.66. The molecule has 1 aliphatic rings. The van der Waals surface area contributed by atoms with Crippen molar-refractivity contribution in [3.05, 3.63) is 5.75 Å². The summed E-state index contributed by atoms with van der Waals surface area (Å²) in [6.07, 6.45) is -5.91. The van der Waals surface area contributed by atoms with Crippen LogP contribution in [0.5, 0.6) is 0 Å². The summed E-state index contributed by atoms with van der Waals surface area (Å²) in [6, 6.07) is 0. The van der Waals surface area contributed by atoms with E-state index in [1.54, 1.807) is 0 Å². The van der Waals surface area contributed by atoms with Gasteiger partial charge in [-0.15, -0.1) is 13.2 Å². The summed E-state index contributed by atoms with van der Waals surface area (Å²) in [6.45, 7) is 0. The Bertz CT molecular complexity index is 146. The molecule has 1 rings (SSSR count). The Balaban J connectivity index is 2.31. The topological polar surface area (TPSA) is 21.6 Å². The molecular weight excluding hydrogens is 167 g/mol. The Morgan fingerprint density at radius 2 is 2.30 bits per heavy atom. The van der Waals surface area contributed by atoms with Gasteiger partial charge in [-0.3, -0.25) is 9.73 Å². The lowest BCUT2D eigenvalue weighted by Gasteiger charge is -2.09. The number of ether oxygens (including phenoxy) is 1. The highest BCUT2D eigenvalue weighted by atomic mass is 32.2. The maximum atomic E-state index is 11.4. The molecule has 1 aliphatic heterocycles. The molecule has 0 aromatic heterocycles. The molecule has 6 heteroatoms. The Hall–Kier alpha value is -0.230. The van der Waals surface area contributed by atoms with Gasteiger partial charge in [-0.1, -0.05) is 11.8 Å². The van der Waals surface area contributed by atoms with Gasteiger partial charge in [0.1, 0.15) is 5.75 Å². The van der Waals surface area contributed by atoms with Crippen molar-refractivity contribution in [1.29, 1.82) is 0 Å². The Labute approximate surface area is 59.5 Å². The van der Waals surface area contributed by atoms with Crippen LogP contribution >= 0.6 is 11.8 Å². The minimum atomic E-state index is -4.63. The molecule has 0 N–H and O–H groups in total. The highest BCUT2D eigenvalue weighted by Gasteiger charge is 2.34. The average molecular weight is 169 g/mol. The highest BCUT2D eigenvalue weighted by molar-refractivity contribution is 8.14. The van der Waals surface area contributed by atoms with Gasteiger partial charge in [-0.2, -0.15) is 0 Å². The molecule has 10 heavy (non-hydrogen) atoms. The van der Waals surface area contributed by atoms with E-state index < -0.39 is 12.6 Å². The second-order valence-electron chi connectivity index (χ2n) is 1.41. The second kappa shape index (κ2) is 2.79. The number of halogens is 3. The molecule has 2 nitrogen and oxygen atoms in total. The maximum absolute atomic E-state index is 11.4. The number of thioether (sulfide) groups is 1. The van der Waals surface area contributed by atoms with Crippen molar-refractivity contribution in [2.24, 2.45) is 4.99 Å². The summed E-state index contributed by atoms with van der Waals surface area (Å²) in [5.74, 6) is 2.27. The molecule has 0 aliphatic carbocycles.